The van der Waals surface area contributed by atoms with Crippen molar-refractivity contribution in [2.24, 2.45) is 5.92 Å². The summed E-state index contributed by atoms with van der Waals surface area (Å²) in [6.45, 7) is 5.78. The summed E-state index contributed by atoms with van der Waals surface area (Å²) in [7, 11) is 0. The number of hydrogen-bond donors (Lipinski definition) is 1. The van der Waals surface area contributed by atoms with Gasteiger partial charge in [0.1, 0.15) is 5.75 Å². The second-order valence-corrected chi connectivity index (χ2v) is 4.26. The highest BCUT2D eigenvalue weighted by molar-refractivity contribution is 5.49. The zero-order chi connectivity index (χ0) is 13.0. The van der Waals surface area contributed by atoms with Gasteiger partial charge in [-0.2, -0.15) is 0 Å². The molecule has 5 heteroatoms. The van der Waals surface area contributed by atoms with Gasteiger partial charge in [0.25, 0.3) is 5.69 Å². The summed E-state index contributed by atoms with van der Waals surface area (Å²) in [5, 5.41) is 19.6. The number of ether oxygens (including phenoxy) is 1. The normalized spacial score (nSPS) is 12.2. The van der Waals surface area contributed by atoms with Crippen LogP contribution in [0.1, 0.15) is 18.1 Å². The van der Waals surface area contributed by atoms with Crippen LogP contribution >= 0.6 is 0 Å². The van der Waals surface area contributed by atoms with E-state index in [1.807, 2.05) is 6.92 Å². The maximum Gasteiger partial charge on any atom is 0.272 e. The van der Waals surface area contributed by atoms with Crippen molar-refractivity contribution in [2.75, 3.05) is 13.2 Å². The van der Waals surface area contributed by atoms with Crippen molar-refractivity contribution in [1.82, 2.24) is 0 Å². The van der Waals surface area contributed by atoms with E-state index in [2.05, 4.69) is 0 Å². The molecule has 1 unspecified atom stereocenters. The Balaban J connectivity index is 2.88. The van der Waals surface area contributed by atoms with Crippen molar-refractivity contribution in [3.63, 3.8) is 0 Å². The molecule has 0 aliphatic carbocycles. The molecule has 0 fully saturated rings. The van der Waals surface area contributed by atoms with E-state index in [0.29, 0.717) is 17.9 Å². The first kappa shape index (κ1) is 13.4. The summed E-state index contributed by atoms with van der Waals surface area (Å²) < 4.78 is 5.52. The Bertz CT molecular complexity index is 417. The smallest absolute Gasteiger partial charge is 0.272 e. The Morgan fingerprint density at radius 2 is 2.06 bits per heavy atom. The lowest BCUT2D eigenvalue weighted by Gasteiger charge is -2.13. The van der Waals surface area contributed by atoms with Crippen LogP contribution in [-0.2, 0) is 0 Å². The number of aliphatic hydroxyl groups excluding tert-OH is 1. The standard InChI is InChI=1S/C12H17NO4/c1-8(6-14)7-17-12-5-9(2)11(13(15)16)4-10(12)3/h4-5,8,14H,6-7H2,1-3H3. The van der Waals surface area contributed by atoms with Crippen LogP contribution in [0, 0.1) is 29.9 Å². The van der Waals surface area contributed by atoms with Crippen molar-refractivity contribution in [3.8, 4) is 5.75 Å². The third-order valence-electron chi connectivity index (χ3n) is 2.53. The molecule has 0 heterocycles. The average molecular weight is 239 g/mol. The van der Waals surface area contributed by atoms with E-state index in [9.17, 15) is 10.1 Å². The molecule has 0 saturated carbocycles. The first-order chi connectivity index (χ1) is 7.95. The van der Waals surface area contributed by atoms with E-state index in [1.54, 1.807) is 19.9 Å². The van der Waals surface area contributed by atoms with Crippen LogP contribution < -0.4 is 4.74 Å². The van der Waals surface area contributed by atoms with Crippen molar-refractivity contribution in [3.05, 3.63) is 33.4 Å². The zero-order valence-corrected chi connectivity index (χ0v) is 10.3. The Hall–Kier alpha value is -1.62. The fourth-order valence-corrected chi connectivity index (χ4v) is 1.41. The quantitative estimate of drug-likeness (QED) is 0.631. The number of aryl methyl sites for hydroxylation is 2. The van der Waals surface area contributed by atoms with Gasteiger partial charge in [0.05, 0.1) is 11.5 Å². The Morgan fingerprint density at radius 3 is 2.59 bits per heavy atom. The molecule has 0 radical (unpaired) electrons. The van der Waals surface area contributed by atoms with Gasteiger partial charge in [0.15, 0.2) is 0 Å². The van der Waals surface area contributed by atoms with Crippen LogP contribution in [0.4, 0.5) is 5.69 Å². The minimum absolute atomic E-state index is 0.0462. The number of aliphatic hydroxyl groups is 1. The molecule has 1 atom stereocenters. The van der Waals surface area contributed by atoms with E-state index >= 15 is 0 Å². The predicted molar refractivity (Wildman–Crippen MR) is 64.3 cm³/mol. The molecule has 1 rings (SSSR count). The first-order valence-corrected chi connectivity index (χ1v) is 5.45. The summed E-state index contributed by atoms with van der Waals surface area (Å²) >= 11 is 0. The fourth-order valence-electron chi connectivity index (χ4n) is 1.41. The van der Waals surface area contributed by atoms with Gasteiger partial charge in [0.2, 0.25) is 0 Å². The van der Waals surface area contributed by atoms with Gasteiger partial charge >= 0.3 is 0 Å². The predicted octanol–water partition coefficient (Wildman–Crippen LogP) is 2.22. The lowest BCUT2D eigenvalue weighted by molar-refractivity contribution is -0.385. The molecule has 0 amide bonds. The summed E-state index contributed by atoms with van der Waals surface area (Å²) in [6, 6.07) is 3.17. The molecular formula is C12H17NO4. The van der Waals surface area contributed by atoms with E-state index in [-0.39, 0.29) is 18.2 Å². The molecule has 94 valence electrons. The van der Waals surface area contributed by atoms with Gasteiger partial charge < -0.3 is 9.84 Å². The molecule has 5 nitrogen and oxygen atoms in total. The van der Waals surface area contributed by atoms with Gasteiger partial charge in [-0.3, -0.25) is 10.1 Å². The molecule has 1 N–H and O–H groups in total. The fraction of sp³-hybridized carbons (Fsp3) is 0.500. The van der Waals surface area contributed by atoms with Crippen LogP contribution in [0.15, 0.2) is 12.1 Å². The van der Waals surface area contributed by atoms with Gasteiger partial charge in [-0.05, 0) is 25.5 Å². The molecule has 0 aromatic heterocycles. The van der Waals surface area contributed by atoms with Gasteiger partial charge in [0, 0.05) is 24.2 Å². The summed E-state index contributed by atoms with van der Waals surface area (Å²) in [6.07, 6.45) is 0. The van der Waals surface area contributed by atoms with Crippen LogP contribution in [0.2, 0.25) is 0 Å². The van der Waals surface area contributed by atoms with E-state index in [4.69, 9.17) is 9.84 Å². The third kappa shape index (κ3) is 3.42. The molecule has 0 spiro atoms. The monoisotopic (exact) mass is 239 g/mol. The maximum absolute atomic E-state index is 10.7. The topological polar surface area (TPSA) is 72.6 Å². The Morgan fingerprint density at radius 1 is 1.41 bits per heavy atom. The highest BCUT2D eigenvalue weighted by atomic mass is 16.6. The van der Waals surface area contributed by atoms with Crippen LogP contribution in [0.5, 0.6) is 5.75 Å². The largest absolute Gasteiger partial charge is 0.493 e. The van der Waals surface area contributed by atoms with Crippen molar-refractivity contribution >= 4 is 5.69 Å². The van der Waals surface area contributed by atoms with Gasteiger partial charge in [-0.15, -0.1) is 0 Å². The Kier molecular flexibility index (Phi) is 4.45. The molecule has 0 bridgehead atoms. The number of hydrogen-bond acceptors (Lipinski definition) is 4. The molecule has 1 aromatic carbocycles. The van der Waals surface area contributed by atoms with Crippen molar-refractivity contribution < 1.29 is 14.8 Å². The van der Waals surface area contributed by atoms with Crippen LogP contribution in [0.25, 0.3) is 0 Å². The van der Waals surface area contributed by atoms with E-state index < -0.39 is 4.92 Å². The summed E-state index contributed by atoms with van der Waals surface area (Å²) in [5.41, 5.74) is 1.41. The molecule has 1 aromatic rings. The van der Waals surface area contributed by atoms with Crippen molar-refractivity contribution in [2.45, 2.75) is 20.8 Å². The summed E-state index contributed by atoms with van der Waals surface area (Å²) in [5.74, 6) is 0.679. The summed E-state index contributed by atoms with van der Waals surface area (Å²) in [4.78, 5) is 10.3. The highest BCUT2D eigenvalue weighted by Crippen LogP contribution is 2.27. The Labute approximate surface area is 100 Å². The zero-order valence-electron chi connectivity index (χ0n) is 10.3. The molecular weight excluding hydrogens is 222 g/mol. The number of nitrogens with zero attached hydrogens (tertiary/aromatic N) is 1. The average Bonchev–Trinajstić information content (AvgIpc) is 2.28. The number of nitro groups is 1. The highest BCUT2D eigenvalue weighted by Gasteiger charge is 2.14. The van der Waals surface area contributed by atoms with Crippen molar-refractivity contribution in [1.29, 1.82) is 0 Å². The second kappa shape index (κ2) is 5.63. The number of rotatable bonds is 5. The molecule has 0 aliphatic rings. The SMILES string of the molecule is Cc1cc([N+](=O)[O-])c(C)cc1OCC(C)CO. The second-order valence-electron chi connectivity index (χ2n) is 4.26. The lowest BCUT2D eigenvalue weighted by Crippen LogP contribution is -2.12. The molecule has 17 heavy (non-hydrogen) atoms. The first-order valence-electron chi connectivity index (χ1n) is 5.45. The maximum atomic E-state index is 10.7. The van der Waals surface area contributed by atoms with Crippen LogP contribution in [0.3, 0.4) is 0 Å². The number of nitro benzene ring substituents is 1. The molecule has 0 saturated heterocycles. The third-order valence-corrected chi connectivity index (χ3v) is 2.53. The minimum atomic E-state index is -0.400. The van der Waals surface area contributed by atoms with E-state index in [0.717, 1.165) is 5.56 Å². The number of benzene rings is 1. The minimum Gasteiger partial charge on any atom is -0.493 e. The van der Waals surface area contributed by atoms with E-state index in [1.165, 1.54) is 6.07 Å². The van der Waals surface area contributed by atoms with Gasteiger partial charge in [-0.1, -0.05) is 6.92 Å². The van der Waals surface area contributed by atoms with Crippen LogP contribution in [-0.4, -0.2) is 23.2 Å². The van der Waals surface area contributed by atoms with Gasteiger partial charge in [-0.25, -0.2) is 0 Å². The lowest BCUT2D eigenvalue weighted by atomic mass is 10.1. The molecule has 0 aliphatic heterocycles.